The number of thiazole rings is 1. The molecule has 1 aliphatic heterocycles. The van der Waals surface area contributed by atoms with Crippen molar-refractivity contribution < 1.29 is 13.2 Å². The van der Waals surface area contributed by atoms with E-state index in [0.717, 1.165) is 30.1 Å². The Morgan fingerprint density at radius 2 is 1.57 bits per heavy atom. The molecular formula is C21H22N4O3S2. The van der Waals surface area contributed by atoms with Gasteiger partial charge < -0.3 is 9.80 Å². The number of para-hydroxylation sites is 1. The average Bonchev–Trinajstić information content (AvgIpc) is 3.13. The number of nitrogens with one attached hydrogen (secondary N) is 1. The molecule has 1 N–H and O–H groups in total. The third-order valence-corrected chi connectivity index (χ3v) is 7.50. The van der Waals surface area contributed by atoms with E-state index in [1.807, 2.05) is 18.2 Å². The van der Waals surface area contributed by atoms with Crippen molar-refractivity contribution in [1.82, 2.24) is 9.88 Å². The lowest BCUT2D eigenvalue weighted by atomic mass is 10.2. The highest BCUT2D eigenvalue weighted by atomic mass is 32.2. The third kappa shape index (κ3) is 4.31. The van der Waals surface area contributed by atoms with E-state index < -0.39 is 10.0 Å². The van der Waals surface area contributed by atoms with E-state index in [4.69, 9.17) is 0 Å². The second kappa shape index (κ2) is 8.45. The molecule has 1 aromatic heterocycles. The van der Waals surface area contributed by atoms with Crippen molar-refractivity contribution >= 4 is 38.1 Å². The molecule has 0 aliphatic carbocycles. The number of carbonyl (C=O) groups is 1. The predicted octanol–water partition coefficient (Wildman–Crippen LogP) is 3.21. The summed E-state index contributed by atoms with van der Waals surface area (Å²) in [5, 5.41) is 0.197. The van der Waals surface area contributed by atoms with Crippen LogP contribution in [0.15, 0.2) is 65.6 Å². The van der Waals surface area contributed by atoms with E-state index in [0.29, 0.717) is 23.7 Å². The van der Waals surface area contributed by atoms with E-state index in [-0.39, 0.29) is 15.9 Å². The van der Waals surface area contributed by atoms with Gasteiger partial charge in [0.2, 0.25) is 0 Å². The Balaban J connectivity index is 1.44. The zero-order valence-corrected chi connectivity index (χ0v) is 18.1. The number of aromatic nitrogens is 1. The number of sulfonamides is 1. The molecule has 0 atom stereocenters. The minimum Gasteiger partial charge on any atom is -0.368 e. The first-order valence-corrected chi connectivity index (χ1v) is 11.9. The summed E-state index contributed by atoms with van der Waals surface area (Å²) in [5.74, 6) is -0.108. The van der Waals surface area contributed by atoms with Gasteiger partial charge in [-0.25, -0.2) is 13.4 Å². The molecule has 30 heavy (non-hydrogen) atoms. The van der Waals surface area contributed by atoms with Gasteiger partial charge in [0.05, 0.1) is 10.6 Å². The first-order valence-electron chi connectivity index (χ1n) is 9.58. The van der Waals surface area contributed by atoms with Gasteiger partial charge in [0, 0.05) is 31.9 Å². The Morgan fingerprint density at radius 3 is 2.20 bits per heavy atom. The first kappa shape index (κ1) is 20.4. The van der Waals surface area contributed by atoms with Crippen molar-refractivity contribution in [3.05, 3.63) is 71.2 Å². The zero-order valence-electron chi connectivity index (χ0n) is 16.5. The van der Waals surface area contributed by atoms with Crippen molar-refractivity contribution in [3.8, 4) is 0 Å². The maximum Gasteiger partial charge on any atom is 0.266 e. The number of benzene rings is 2. The van der Waals surface area contributed by atoms with Crippen LogP contribution < -0.4 is 9.62 Å². The second-order valence-corrected chi connectivity index (χ2v) is 9.65. The Morgan fingerprint density at radius 1 is 0.967 bits per heavy atom. The van der Waals surface area contributed by atoms with Crippen molar-refractivity contribution in [1.29, 1.82) is 0 Å². The number of amides is 1. The predicted molar refractivity (Wildman–Crippen MR) is 119 cm³/mol. The molecule has 0 radical (unpaired) electrons. The molecule has 1 saturated heterocycles. The Labute approximate surface area is 180 Å². The Bertz CT molecular complexity index is 1120. The molecule has 2 aromatic carbocycles. The van der Waals surface area contributed by atoms with Gasteiger partial charge in [0.25, 0.3) is 15.9 Å². The molecule has 2 heterocycles. The number of aryl methyl sites for hydroxylation is 1. The molecule has 0 bridgehead atoms. The molecule has 156 valence electrons. The monoisotopic (exact) mass is 442 g/mol. The number of anilines is 2. The van der Waals surface area contributed by atoms with Crippen molar-refractivity contribution in [3.63, 3.8) is 0 Å². The van der Waals surface area contributed by atoms with E-state index >= 15 is 0 Å². The smallest absolute Gasteiger partial charge is 0.266 e. The molecule has 3 aromatic rings. The fourth-order valence-electron chi connectivity index (χ4n) is 3.36. The number of rotatable bonds is 5. The van der Waals surface area contributed by atoms with E-state index in [1.54, 1.807) is 30.0 Å². The summed E-state index contributed by atoms with van der Waals surface area (Å²) in [6, 6.07) is 18.2. The quantitative estimate of drug-likeness (QED) is 0.656. The SMILES string of the molecule is Cc1nc(NS(=O)(=O)c2ccccc2)sc1C(=O)N1CCN(c2ccccc2)CC1. The highest BCUT2D eigenvalue weighted by molar-refractivity contribution is 7.93. The Kier molecular flexibility index (Phi) is 5.74. The number of hydrogen-bond donors (Lipinski definition) is 1. The zero-order chi connectivity index (χ0) is 21.1. The van der Waals surface area contributed by atoms with Crippen molar-refractivity contribution in [2.24, 2.45) is 0 Å². The topological polar surface area (TPSA) is 82.6 Å². The average molecular weight is 443 g/mol. The molecule has 0 unspecified atom stereocenters. The summed E-state index contributed by atoms with van der Waals surface area (Å²) in [6.45, 7) is 4.44. The van der Waals surface area contributed by atoms with Crippen LogP contribution in [0, 0.1) is 6.92 Å². The summed E-state index contributed by atoms with van der Waals surface area (Å²) < 4.78 is 27.5. The molecule has 0 saturated carbocycles. The summed E-state index contributed by atoms with van der Waals surface area (Å²) in [5.41, 5.74) is 1.68. The van der Waals surface area contributed by atoms with Crippen LogP contribution in [0.2, 0.25) is 0 Å². The van der Waals surface area contributed by atoms with E-state index in [2.05, 4.69) is 26.7 Å². The summed E-state index contributed by atoms with van der Waals surface area (Å²) >= 11 is 1.07. The van der Waals surface area contributed by atoms with Crippen LogP contribution in [0.1, 0.15) is 15.4 Å². The molecule has 0 spiro atoms. The van der Waals surface area contributed by atoms with Crippen LogP contribution in [0.3, 0.4) is 0 Å². The van der Waals surface area contributed by atoms with E-state index in [9.17, 15) is 13.2 Å². The number of carbonyl (C=O) groups excluding carboxylic acids is 1. The lowest BCUT2D eigenvalue weighted by Gasteiger charge is -2.36. The molecule has 9 heteroatoms. The fraction of sp³-hybridized carbons (Fsp3) is 0.238. The number of hydrogen-bond acceptors (Lipinski definition) is 6. The molecule has 7 nitrogen and oxygen atoms in total. The molecule has 1 fully saturated rings. The van der Waals surface area contributed by atoms with Gasteiger partial charge in [0.15, 0.2) is 5.13 Å². The Hall–Kier alpha value is -2.91. The van der Waals surface area contributed by atoms with Gasteiger partial charge in [-0.3, -0.25) is 9.52 Å². The normalized spacial score (nSPS) is 14.6. The highest BCUT2D eigenvalue weighted by Gasteiger charge is 2.26. The summed E-state index contributed by atoms with van der Waals surface area (Å²) in [4.78, 5) is 22.0. The maximum absolute atomic E-state index is 13.0. The lowest BCUT2D eigenvalue weighted by molar-refractivity contribution is 0.0750. The molecular weight excluding hydrogens is 420 g/mol. The fourth-order valence-corrected chi connectivity index (χ4v) is 5.55. The summed E-state index contributed by atoms with van der Waals surface area (Å²) in [6.07, 6.45) is 0. The van der Waals surface area contributed by atoms with Gasteiger partial charge in [-0.1, -0.05) is 47.7 Å². The van der Waals surface area contributed by atoms with Gasteiger partial charge in [-0.15, -0.1) is 0 Å². The van der Waals surface area contributed by atoms with Crippen LogP contribution >= 0.6 is 11.3 Å². The molecule has 1 amide bonds. The highest BCUT2D eigenvalue weighted by Crippen LogP contribution is 2.27. The van der Waals surface area contributed by atoms with Crippen molar-refractivity contribution in [2.75, 3.05) is 35.8 Å². The van der Waals surface area contributed by atoms with Crippen LogP contribution in [0.4, 0.5) is 10.8 Å². The second-order valence-electron chi connectivity index (χ2n) is 6.97. The number of piperazine rings is 1. The van der Waals surface area contributed by atoms with Crippen molar-refractivity contribution in [2.45, 2.75) is 11.8 Å². The van der Waals surface area contributed by atoms with Crippen LogP contribution in [-0.2, 0) is 10.0 Å². The third-order valence-electron chi connectivity index (χ3n) is 4.95. The van der Waals surface area contributed by atoms with Gasteiger partial charge in [-0.05, 0) is 31.2 Å². The van der Waals surface area contributed by atoms with Gasteiger partial charge >= 0.3 is 0 Å². The van der Waals surface area contributed by atoms with Gasteiger partial charge in [-0.2, -0.15) is 0 Å². The number of nitrogens with zero attached hydrogens (tertiary/aromatic N) is 3. The maximum atomic E-state index is 13.0. The molecule has 1 aliphatic rings. The first-order chi connectivity index (χ1) is 14.4. The van der Waals surface area contributed by atoms with E-state index in [1.165, 1.54) is 12.1 Å². The summed E-state index contributed by atoms with van der Waals surface area (Å²) in [7, 11) is -3.74. The van der Waals surface area contributed by atoms with Crippen LogP contribution in [-0.4, -0.2) is 50.4 Å². The van der Waals surface area contributed by atoms with Crippen LogP contribution in [0.25, 0.3) is 0 Å². The minimum atomic E-state index is -3.74. The standard InChI is InChI=1S/C21H22N4O3S2/c1-16-19(29-21(22-16)23-30(27,28)18-10-6-3-7-11-18)20(26)25-14-12-24(13-15-25)17-8-4-2-5-9-17/h2-11H,12-15H2,1H3,(H,22,23). The minimum absolute atomic E-state index is 0.108. The van der Waals surface area contributed by atoms with Crippen LogP contribution in [0.5, 0.6) is 0 Å². The largest absolute Gasteiger partial charge is 0.368 e. The van der Waals surface area contributed by atoms with Gasteiger partial charge in [0.1, 0.15) is 4.88 Å². The lowest BCUT2D eigenvalue weighted by Crippen LogP contribution is -2.48. The molecule has 4 rings (SSSR count).